The molecule has 0 radical (unpaired) electrons. The summed E-state index contributed by atoms with van der Waals surface area (Å²) in [5.41, 5.74) is 6.19. The van der Waals surface area contributed by atoms with Crippen LogP contribution in [0.1, 0.15) is 6.23 Å². The van der Waals surface area contributed by atoms with E-state index in [-0.39, 0.29) is 46.5 Å². The van der Waals surface area contributed by atoms with Crippen LogP contribution in [0.15, 0.2) is 12.7 Å². The monoisotopic (exact) mass is 368 g/mol. The van der Waals surface area contributed by atoms with Crippen molar-refractivity contribution < 1.29 is 63.4 Å². The Morgan fingerprint density at radius 3 is 2.71 bits per heavy atom. The van der Waals surface area contributed by atoms with Gasteiger partial charge in [0.05, 0.1) is 20.8 Å². The Labute approximate surface area is 157 Å². The van der Waals surface area contributed by atoms with E-state index in [1.807, 2.05) is 0 Å². The Bertz CT molecular complexity index is 769. The first kappa shape index (κ1) is 19.7. The second-order valence-electron chi connectivity index (χ2n) is 4.87. The molecule has 0 saturated carbocycles. The summed E-state index contributed by atoms with van der Waals surface area (Å²) in [5.74, 6) is 0.125. The van der Waals surface area contributed by atoms with Crippen molar-refractivity contribution in [3.05, 3.63) is 12.7 Å². The van der Waals surface area contributed by atoms with Gasteiger partial charge in [-0.2, -0.15) is 0 Å². The molecule has 0 aromatic carbocycles. The number of anilines is 1. The summed E-state index contributed by atoms with van der Waals surface area (Å²) in [6.07, 6.45) is -2.75. The van der Waals surface area contributed by atoms with Crippen molar-refractivity contribution in [2.24, 2.45) is 0 Å². The number of hydrogen-bond acceptors (Lipinski definition) is 11. The van der Waals surface area contributed by atoms with Crippen molar-refractivity contribution in [2.75, 3.05) is 12.3 Å². The molecule has 1 aliphatic heterocycles. The molecule has 1 fully saturated rings. The molecular formula is C10H12N5NaO7P-. The number of ether oxygens (including phenoxy) is 1. The standard InChI is InChI=1S/C10H14N5O7P.Na/c11-8-5-9(13-2-12-8)15(3-14-5)10-7(17)6(16)4(22-10)1-21-23(18,19)20;/h2-4,6-7,10,16-17H,1H2,(H2,11,12,13)(H2,18,19,20);/q;+1/p-2. The maximum Gasteiger partial charge on any atom is 1.00 e. The van der Waals surface area contributed by atoms with Gasteiger partial charge in [0.2, 0.25) is 0 Å². The van der Waals surface area contributed by atoms with Gasteiger partial charge in [-0.05, 0) is 0 Å². The Morgan fingerprint density at radius 2 is 2.04 bits per heavy atom. The number of hydrogen-bond donors (Lipinski definition) is 3. The molecule has 4 unspecified atom stereocenters. The normalized spacial score (nSPS) is 27.3. The minimum Gasteiger partial charge on any atom is -0.790 e. The van der Waals surface area contributed by atoms with E-state index in [2.05, 4.69) is 19.5 Å². The topological polar surface area (TPSA) is 192 Å². The van der Waals surface area contributed by atoms with Crippen LogP contribution in [-0.4, -0.2) is 54.7 Å². The number of nitrogen functional groups attached to an aromatic ring is 1. The summed E-state index contributed by atoms with van der Waals surface area (Å²) >= 11 is 0. The minimum absolute atomic E-state index is 0. The summed E-state index contributed by atoms with van der Waals surface area (Å²) in [5, 5.41) is 20.0. The first-order chi connectivity index (χ1) is 10.8. The van der Waals surface area contributed by atoms with Crippen LogP contribution in [0.4, 0.5) is 5.82 Å². The molecule has 126 valence electrons. The van der Waals surface area contributed by atoms with Gasteiger partial charge in [0.1, 0.15) is 30.2 Å². The summed E-state index contributed by atoms with van der Waals surface area (Å²) in [6.45, 7) is -0.719. The van der Waals surface area contributed by atoms with Crippen molar-refractivity contribution in [1.29, 1.82) is 0 Å². The molecule has 1 aliphatic rings. The molecule has 4 N–H and O–H groups in total. The molecule has 1 saturated heterocycles. The van der Waals surface area contributed by atoms with Gasteiger partial charge in [0.25, 0.3) is 0 Å². The third kappa shape index (κ3) is 3.78. The van der Waals surface area contributed by atoms with Gasteiger partial charge < -0.3 is 39.6 Å². The van der Waals surface area contributed by atoms with E-state index in [1.165, 1.54) is 17.2 Å². The Morgan fingerprint density at radius 1 is 1.33 bits per heavy atom. The molecule has 2 aromatic heterocycles. The second-order valence-corrected chi connectivity index (χ2v) is 6.02. The number of aliphatic hydroxyl groups excluding tert-OH is 2. The SMILES string of the molecule is Nc1ncnc2c1ncn2C1OC(COP(=O)([O-])[O-])C(O)C1O.[Na+]. The zero-order valence-electron chi connectivity index (χ0n) is 12.4. The van der Waals surface area contributed by atoms with E-state index >= 15 is 0 Å². The van der Waals surface area contributed by atoms with Crippen LogP contribution in [0, 0.1) is 0 Å². The first-order valence-corrected chi connectivity index (χ1v) is 7.85. The van der Waals surface area contributed by atoms with E-state index in [9.17, 15) is 24.6 Å². The molecule has 4 atom stereocenters. The maximum atomic E-state index is 10.5. The van der Waals surface area contributed by atoms with Crippen LogP contribution in [-0.2, 0) is 13.8 Å². The molecule has 0 spiro atoms. The molecule has 3 rings (SSSR count). The molecule has 0 bridgehead atoms. The number of fused-ring (bicyclic) bond motifs is 1. The number of imidazole rings is 1. The summed E-state index contributed by atoms with van der Waals surface area (Å²) in [4.78, 5) is 32.8. The van der Waals surface area contributed by atoms with Crippen molar-refractivity contribution in [3.63, 3.8) is 0 Å². The van der Waals surface area contributed by atoms with Gasteiger partial charge in [0, 0.05) is 0 Å². The van der Waals surface area contributed by atoms with Crippen LogP contribution < -0.4 is 45.1 Å². The average molecular weight is 368 g/mol. The van der Waals surface area contributed by atoms with Crippen LogP contribution in [0.5, 0.6) is 0 Å². The van der Waals surface area contributed by atoms with Gasteiger partial charge in [-0.3, -0.25) is 4.57 Å². The number of nitrogens with two attached hydrogens (primary N) is 1. The van der Waals surface area contributed by atoms with Gasteiger partial charge in [-0.25, -0.2) is 15.0 Å². The molecule has 3 heterocycles. The van der Waals surface area contributed by atoms with E-state index in [4.69, 9.17) is 10.5 Å². The van der Waals surface area contributed by atoms with Gasteiger partial charge in [-0.1, -0.05) is 0 Å². The van der Waals surface area contributed by atoms with E-state index in [0.717, 1.165) is 0 Å². The number of rotatable bonds is 4. The number of aromatic nitrogens is 4. The quantitative estimate of drug-likeness (QED) is 0.343. The van der Waals surface area contributed by atoms with Crippen molar-refractivity contribution in [3.8, 4) is 0 Å². The fraction of sp³-hybridized carbons (Fsp3) is 0.500. The van der Waals surface area contributed by atoms with Crippen LogP contribution >= 0.6 is 7.82 Å². The van der Waals surface area contributed by atoms with Crippen molar-refractivity contribution in [1.82, 2.24) is 19.5 Å². The first-order valence-electron chi connectivity index (χ1n) is 6.39. The molecular weight excluding hydrogens is 356 g/mol. The Balaban J connectivity index is 0.00000208. The van der Waals surface area contributed by atoms with Crippen LogP contribution in [0.25, 0.3) is 11.2 Å². The predicted octanol–water partition coefficient (Wildman–Crippen LogP) is -6.12. The van der Waals surface area contributed by atoms with E-state index in [0.29, 0.717) is 0 Å². The van der Waals surface area contributed by atoms with Crippen LogP contribution in [0.3, 0.4) is 0 Å². The minimum atomic E-state index is -5.22. The molecule has 0 aliphatic carbocycles. The smallest absolute Gasteiger partial charge is 0.790 e. The largest absolute Gasteiger partial charge is 1.00 e. The van der Waals surface area contributed by atoms with E-state index in [1.54, 1.807) is 0 Å². The Hall–Kier alpha value is -0.660. The van der Waals surface area contributed by atoms with Crippen molar-refractivity contribution >= 4 is 24.8 Å². The number of phosphoric acid groups is 1. The number of phosphoric ester groups is 1. The molecule has 0 amide bonds. The Kier molecular flexibility index (Phi) is 5.98. The van der Waals surface area contributed by atoms with E-state index < -0.39 is 39.0 Å². The number of aliphatic hydroxyl groups is 2. The third-order valence-corrected chi connectivity index (χ3v) is 3.86. The molecule has 2 aromatic rings. The van der Waals surface area contributed by atoms with Crippen LogP contribution in [0.2, 0.25) is 0 Å². The predicted molar refractivity (Wildman–Crippen MR) is 69.2 cm³/mol. The zero-order chi connectivity index (χ0) is 16.8. The van der Waals surface area contributed by atoms with Gasteiger partial charge in [-0.15, -0.1) is 0 Å². The summed E-state index contributed by atoms with van der Waals surface area (Å²) in [6, 6.07) is 0. The molecule has 14 heteroatoms. The summed E-state index contributed by atoms with van der Waals surface area (Å²) < 4.78 is 21.3. The zero-order valence-corrected chi connectivity index (χ0v) is 15.3. The number of nitrogens with zero attached hydrogens (tertiary/aromatic N) is 4. The average Bonchev–Trinajstić information content (AvgIpc) is 3.01. The van der Waals surface area contributed by atoms with Crippen molar-refractivity contribution in [2.45, 2.75) is 24.5 Å². The fourth-order valence-electron chi connectivity index (χ4n) is 2.32. The van der Waals surface area contributed by atoms with Gasteiger partial charge >= 0.3 is 29.6 Å². The fourth-order valence-corrected chi connectivity index (χ4v) is 2.65. The molecule has 24 heavy (non-hydrogen) atoms. The second kappa shape index (κ2) is 7.30. The maximum absolute atomic E-state index is 10.5. The third-order valence-electron chi connectivity index (χ3n) is 3.40. The summed E-state index contributed by atoms with van der Waals surface area (Å²) in [7, 11) is -5.22. The molecule has 12 nitrogen and oxygen atoms in total. The van der Waals surface area contributed by atoms with Gasteiger partial charge in [0.15, 0.2) is 17.7 Å².